The monoisotopic (exact) mass is 190 g/mol. The van der Waals surface area contributed by atoms with Crippen LogP contribution in [0.5, 0.6) is 5.88 Å². The smallest absolute Gasteiger partial charge is 0.213 e. The van der Waals surface area contributed by atoms with Crippen molar-refractivity contribution in [1.82, 2.24) is 4.98 Å². The summed E-state index contributed by atoms with van der Waals surface area (Å²) in [6.07, 6.45) is 8.66. The lowest BCUT2D eigenvalue weighted by molar-refractivity contribution is 0.398. The third-order valence-electron chi connectivity index (χ3n) is 1.77. The van der Waals surface area contributed by atoms with Gasteiger partial charge in [0.2, 0.25) is 5.88 Å². The molecule has 0 aromatic carbocycles. The number of ether oxygens (including phenoxy) is 1. The van der Waals surface area contributed by atoms with Crippen molar-refractivity contribution >= 4 is 5.69 Å². The molecule has 3 nitrogen and oxygen atoms in total. The van der Waals surface area contributed by atoms with Crippen molar-refractivity contribution in [3.05, 3.63) is 18.3 Å². The number of pyridine rings is 1. The van der Waals surface area contributed by atoms with Gasteiger partial charge in [-0.3, -0.25) is 0 Å². The minimum Gasteiger partial charge on any atom is -0.481 e. The maximum atomic E-state index is 5.14. The molecule has 14 heavy (non-hydrogen) atoms. The number of anilines is 1. The van der Waals surface area contributed by atoms with Crippen LogP contribution < -0.4 is 10.1 Å². The fourth-order valence-electron chi connectivity index (χ4n) is 1.03. The molecule has 0 spiro atoms. The van der Waals surface area contributed by atoms with Gasteiger partial charge in [-0.25, -0.2) is 4.98 Å². The number of nitrogens with one attached hydrogen (secondary N) is 1. The van der Waals surface area contributed by atoms with E-state index in [1.807, 2.05) is 12.1 Å². The van der Waals surface area contributed by atoms with Crippen LogP contribution in [0.2, 0.25) is 0 Å². The van der Waals surface area contributed by atoms with E-state index in [0.29, 0.717) is 5.88 Å². The molecule has 1 N–H and O–H groups in total. The third-order valence-corrected chi connectivity index (χ3v) is 1.77. The van der Waals surface area contributed by atoms with E-state index in [2.05, 4.69) is 16.2 Å². The number of nitrogens with zero attached hydrogens (tertiary/aromatic N) is 1. The minimum atomic E-state index is 0.624. The van der Waals surface area contributed by atoms with E-state index in [9.17, 15) is 0 Å². The summed E-state index contributed by atoms with van der Waals surface area (Å²) in [6.45, 7) is 0.873. The molecule has 0 amide bonds. The van der Waals surface area contributed by atoms with Gasteiger partial charge in [0.15, 0.2) is 0 Å². The van der Waals surface area contributed by atoms with Gasteiger partial charge in [0.1, 0.15) is 0 Å². The first-order valence-electron chi connectivity index (χ1n) is 4.54. The fraction of sp³-hybridized carbons (Fsp3) is 0.364. The summed E-state index contributed by atoms with van der Waals surface area (Å²) in [5.41, 5.74) is 0.989. The lowest BCUT2D eigenvalue weighted by Gasteiger charge is -2.04. The molecular formula is C11H14N2O. The second-order valence-electron chi connectivity index (χ2n) is 2.82. The average molecular weight is 190 g/mol. The zero-order valence-corrected chi connectivity index (χ0v) is 8.29. The summed E-state index contributed by atoms with van der Waals surface area (Å²) >= 11 is 0. The van der Waals surface area contributed by atoms with E-state index in [1.165, 1.54) is 0 Å². The van der Waals surface area contributed by atoms with Crippen LogP contribution >= 0.6 is 0 Å². The summed E-state index contributed by atoms with van der Waals surface area (Å²) in [5.74, 6) is 3.22. The van der Waals surface area contributed by atoms with Crippen molar-refractivity contribution in [2.24, 2.45) is 0 Å². The van der Waals surface area contributed by atoms with Crippen molar-refractivity contribution in [3.63, 3.8) is 0 Å². The Bertz CT molecular complexity index is 300. The molecule has 0 unspecified atom stereocenters. The van der Waals surface area contributed by atoms with Crippen molar-refractivity contribution < 1.29 is 4.74 Å². The minimum absolute atomic E-state index is 0.624. The van der Waals surface area contributed by atoms with Crippen LogP contribution in [0.15, 0.2) is 18.3 Å². The maximum absolute atomic E-state index is 5.14. The molecule has 74 valence electrons. The van der Waals surface area contributed by atoms with Crippen LogP contribution in [0.1, 0.15) is 12.8 Å². The van der Waals surface area contributed by atoms with Crippen molar-refractivity contribution in [3.8, 4) is 18.2 Å². The summed E-state index contributed by atoms with van der Waals surface area (Å²) < 4.78 is 4.95. The van der Waals surface area contributed by atoms with Crippen LogP contribution in [0.3, 0.4) is 0 Å². The number of methoxy groups -OCH3 is 1. The lowest BCUT2D eigenvalue weighted by Crippen LogP contribution is -2.01. The molecule has 0 aliphatic heterocycles. The van der Waals surface area contributed by atoms with Crippen LogP contribution in [0, 0.1) is 12.3 Å². The summed E-state index contributed by atoms with van der Waals surface area (Å²) in [4.78, 5) is 4.07. The fourth-order valence-corrected chi connectivity index (χ4v) is 1.03. The molecule has 0 radical (unpaired) electrons. The van der Waals surface area contributed by atoms with Crippen LogP contribution in [0.25, 0.3) is 0 Å². The van der Waals surface area contributed by atoms with Crippen molar-refractivity contribution in [2.75, 3.05) is 19.0 Å². The van der Waals surface area contributed by atoms with E-state index in [0.717, 1.165) is 25.1 Å². The zero-order valence-electron chi connectivity index (χ0n) is 8.29. The molecular weight excluding hydrogens is 176 g/mol. The molecule has 0 aliphatic rings. The molecule has 1 aromatic rings. The van der Waals surface area contributed by atoms with E-state index >= 15 is 0 Å². The maximum Gasteiger partial charge on any atom is 0.213 e. The first kappa shape index (κ1) is 10.4. The second-order valence-corrected chi connectivity index (χ2v) is 2.82. The topological polar surface area (TPSA) is 34.1 Å². The average Bonchev–Trinajstić information content (AvgIpc) is 2.25. The normalized spacial score (nSPS) is 9.14. The lowest BCUT2D eigenvalue weighted by atomic mass is 10.3. The number of terminal acetylenes is 1. The SMILES string of the molecule is C#CCCCNc1ccc(OC)nc1. The quantitative estimate of drug-likeness (QED) is 0.569. The highest BCUT2D eigenvalue weighted by molar-refractivity contribution is 5.41. The van der Waals surface area contributed by atoms with Gasteiger partial charge in [-0.2, -0.15) is 0 Å². The molecule has 0 fully saturated rings. The van der Waals surface area contributed by atoms with E-state index in [1.54, 1.807) is 13.3 Å². The molecule has 0 aliphatic carbocycles. The highest BCUT2D eigenvalue weighted by Crippen LogP contribution is 2.10. The van der Waals surface area contributed by atoms with Gasteiger partial charge < -0.3 is 10.1 Å². The van der Waals surface area contributed by atoms with Gasteiger partial charge in [-0.15, -0.1) is 12.3 Å². The molecule has 3 heteroatoms. The van der Waals surface area contributed by atoms with Crippen LogP contribution in [-0.4, -0.2) is 18.6 Å². The van der Waals surface area contributed by atoms with Crippen LogP contribution in [0.4, 0.5) is 5.69 Å². The Morgan fingerprint density at radius 1 is 1.57 bits per heavy atom. The number of unbranched alkanes of at least 4 members (excludes halogenated alkanes) is 1. The predicted octanol–water partition coefficient (Wildman–Crippen LogP) is 1.92. The zero-order chi connectivity index (χ0) is 10.2. The number of rotatable bonds is 5. The van der Waals surface area contributed by atoms with Gasteiger partial charge in [-0.05, 0) is 12.5 Å². The van der Waals surface area contributed by atoms with Gasteiger partial charge in [-0.1, -0.05) is 0 Å². The van der Waals surface area contributed by atoms with Gasteiger partial charge >= 0.3 is 0 Å². The molecule has 1 heterocycles. The summed E-state index contributed by atoms with van der Waals surface area (Å²) in [7, 11) is 1.60. The molecule has 0 atom stereocenters. The first-order chi connectivity index (χ1) is 6.86. The summed E-state index contributed by atoms with van der Waals surface area (Å²) in [5, 5.41) is 3.22. The summed E-state index contributed by atoms with van der Waals surface area (Å²) in [6, 6.07) is 3.76. The van der Waals surface area contributed by atoms with E-state index in [4.69, 9.17) is 11.2 Å². The van der Waals surface area contributed by atoms with Gasteiger partial charge in [0, 0.05) is 19.0 Å². The number of hydrogen-bond donors (Lipinski definition) is 1. The van der Waals surface area contributed by atoms with E-state index in [-0.39, 0.29) is 0 Å². The predicted molar refractivity (Wildman–Crippen MR) is 57.3 cm³/mol. The second kappa shape index (κ2) is 5.87. The van der Waals surface area contributed by atoms with Gasteiger partial charge in [0.25, 0.3) is 0 Å². The molecule has 0 saturated carbocycles. The molecule has 1 aromatic heterocycles. The highest BCUT2D eigenvalue weighted by Gasteiger charge is 1.93. The Morgan fingerprint density at radius 3 is 3.00 bits per heavy atom. The van der Waals surface area contributed by atoms with Crippen molar-refractivity contribution in [2.45, 2.75) is 12.8 Å². The largest absolute Gasteiger partial charge is 0.481 e. The molecule has 1 rings (SSSR count). The number of hydrogen-bond acceptors (Lipinski definition) is 3. The highest BCUT2D eigenvalue weighted by atomic mass is 16.5. The Morgan fingerprint density at radius 2 is 2.43 bits per heavy atom. The Hall–Kier alpha value is -1.69. The first-order valence-corrected chi connectivity index (χ1v) is 4.54. The van der Waals surface area contributed by atoms with Crippen LogP contribution in [-0.2, 0) is 0 Å². The molecule has 0 bridgehead atoms. The van der Waals surface area contributed by atoms with Crippen molar-refractivity contribution in [1.29, 1.82) is 0 Å². The van der Waals surface area contributed by atoms with E-state index < -0.39 is 0 Å². The Balaban J connectivity index is 2.33. The Kier molecular flexibility index (Phi) is 4.36. The standard InChI is InChI=1S/C11H14N2O/c1-3-4-5-8-12-10-6-7-11(14-2)13-9-10/h1,6-7,9,12H,4-5,8H2,2H3. The third kappa shape index (κ3) is 3.36. The number of aromatic nitrogens is 1. The molecule has 0 saturated heterocycles. The van der Waals surface area contributed by atoms with Gasteiger partial charge in [0.05, 0.1) is 19.0 Å². The Labute approximate surface area is 84.5 Å².